The number of methoxy groups -OCH3 is 1. The van der Waals surface area contributed by atoms with Crippen molar-refractivity contribution in [2.45, 2.75) is 38.0 Å². The molecule has 1 aromatic rings. The molecule has 0 atom stereocenters. The molecule has 27 heavy (non-hydrogen) atoms. The molecule has 5 nitrogen and oxygen atoms in total. The van der Waals surface area contributed by atoms with Crippen LogP contribution in [0.2, 0.25) is 0 Å². The highest BCUT2D eigenvalue weighted by molar-refractivity contribution is 9.10. The number of ether oxygens (including phenoxy) is 1. The SMILES string of the molecule is COCCCNC(=O)C1CCN(C(=O)CSc2cc(C)c(Br)cc2C)CC1. The molecule has 2 amide bonds. The first-order chi connectivity index (χ1) is 12.9. The van der Waals surface area contributed by atoms with Crippen LogP contribution in [0.25, 0.3) is 0 Å². The van der Waals surface area contributed by atoms with E-state index in [4.69, 9.17) is 4.74 Å². The first kappa shape index (κ1) is 22.2. The number of rotatable bonds is 8. The average Bonchev–Trinajstić information content (AvgIpc) is 2.66. The van der Waals surface area contributed by atoms with E-state index in [1.165, 1.54) is 11.1 Å². The molecule has 1 heterocycles. The summed E-state index contributed by atoms with van der Waals surface area (Å²) in [6.45, 7) is 6.74. The summed E-state index contributed by atoms with van der Waals surface area (Å²) in [6.07, 6.45) is 2.30. The van der Waals surface area contributed by atoms with Crippen molar-refractivity contribution in [3.63, 3.8) is 0 Å². The third kappa shape index (κ3) is 6.80. The second-order valence-corrected chi connectivity index (χ2v) is 8.82. The normalized spacial score (nSPS) is 15.0. The maximum absolute atomic E-state index is 12.5. The largest absolute Gasteiger partial charge is 0.385 e. The number of halogens is 1. The number of nitrogens with zero attached hydrogens (tertiary/aromatic N) is 1. The van der Waals surface area contributed by atoms with Gasteiger partial charge in [-0.15, -0.1) is 11.8 Å². The van der Waals surface area contributed by atoms with E-state index in [2.05, 4.69) is 47.2 Å². The molecule has 0 aromatic heterocycles. The van der Waals surface area contributed by atoms with Gasteiger partial charge in [0.25, 0.3) is 0 Å². The van der Waals surface area contributed by atoms with E-state index in [0.29, 0.717) is 32.0 Å². The summed E-state index contributed by atoms with van der Waals surface area (Å²) in [5.41, 5.74) is 2.35. The Morgan fingerprint density at radius 3 is 2.63 bits per heavy atom. The summed E-state index contributed by atoms with van der Waals surface area (Å²) < 4.78 is 6.08. The van der Waals surface area contributed by atoms with E-state index in [1.54, 1.807) is 18.9 Å². The second-order valence-electron chi connectivity index (χ2n) is 6.95. The van der Waals surface area contributed by atoms with Crippen LogP contribution in [-0.4, -0.2) is 55.8 Å². The number of aryl methyl sites for hydroxylation is 2. The van der Waals surface area contributed by atoms with Crippen LogP contribution < -0.4 is 5.32 Å². The highest BCUT2D eigenvalue weighted by atomic mass is 79.9. The molecule has 1 saturated heterocycles. The van der Waals surface area contributed by atoms with Gasteiger partial charge in [-0.2, -0.15) is 0 Å². The van der Waals surface area contributed by atoms with Crippen LogP contribution in [0.3, 0.4) is 0 Å². The third-order valence-corrected chi connectivity index (χ3v) is 6.85. The van der Waals surface area contributed by atoms with Gasteiger partial charge in [-0.3, -0.25) is 9.59 Å². The number of piperidine rings is 1. The van der Waals surface area contributed by atoms with Gasteiger partial charge >= 0.3 is 0 Å². The molecule has 0 aliphatic carbocycles. The molecule has 0 saturated carbocycles. The number of carbonyl (C=O) groups is 2. The fourth-order valence-corrected chi connectivity index (χ4v) is 4.57. The molecule has 0 unspecified atom stereocenters. The number of likely N-dealkylation sites (tertiary alicyclic amines) is 1. The van der Waals surface area contributed by atoms with Gasteiger partial charge in [-0.25, -0.2) is 0 Å². The standard InChI is InChI=1S/C20H29BrN2O3S/c1-14-12-18(15(2)11-17(14)21)27-13-19(24)23-8-5-16(6-9-23)20(25)22-7-4-10-26-3/h11-12,16H,4-10,13H2,1-3H3,(H,22,25). The highest BCUT2D eigenvalue weighted by Crippen LogP contribution is 2.29. The molecule has 0 spiro atoms. The van der Waals surface area contributed by atoms with Gasteiger partial charge in [-0.1, -0.05) is 15.9 Å². The first-order valence-electron chi connectivity index (χ1n) is 9.36. The van der Waals surface area contributed by atoms with E-state index >= 15 is 0 Å². The quantitative estimate of drug-likeness (QED) is 0.479. The summed E-state index contributed by atoms with van der Waals surface area (Å²) >= 11 is 5.13. The van der Waals surface area contributed by atoms with Crippen molar-refractivity contribution in [2.75, 3.05) is 39.1 Å². The number of amides is 2. The molecular weight excluding hydrogens is 428 g/mol. The van der Waals surface area contributed by atoms with Crippen LogP contribution in [0.15, 0.2) is 21.5 Å². The Kier molecular flexibility index (Phi) is 9.12. The lowest BCUT2D eigenvalue weighted by Gasteiger charge is -2.31. The van der Waals surface area contributed by atoms with E-state index in [0.717, 1.165) is 28.6 Å². The van der Waals surface area contributed by atoms with Crippen molar-refractivity contribution in [1.82, 2.24) is 10.2 Å². The number of carbonyl (C=O) groups excluding carboxylic acids is 2. The molecule has 7 heteroatoms. The van der Waals surface area contributed by atoms with Gasteiger partial charge < -0.3 is 15.0 Å². The lowest BCUT2D eigenvalue weighted by molar-refractivity contribution is -0.133. The second kappa shape index (κ2) is 11.1. The molecule has 1 aliphatic rings. The van der Waals surface area contributed by atoms with Crippen LogP contribution in [0.1, 0.15) is 30.4 Å². The van der Waals surface area contributed by atoms with Gasteiger partial charge in [0, 0.05) is 48.6 Å². The zero-order valence-corrected chi connectivity index (χ0v) is 18.7. The number of hydrogen-bond donors (Lipinski definition) is 1. The number of hydrogen-bond acceptors (Lipinski definition) is 4. The number of benzene rings is 1. The topological polar surface area (TPSA) is 58.6 Å². The zero-order chi connectivity index (χ0) is 19.8. The van der Waals surface area contributed by atoms with E-state index < -0.39 is 0 Å². The highest BCUT2D eigenvalue weighted by Gasteiger charge is 2.27. The Bertz CT molecular complexity index is 661. The minimum absolute atomic E-state index is 0.0145. The molecule has 1 N–H and O–H groups in total. The molecule has 1 fully saturated rings. The maximum Gasteiger partial charge on any atom is 0.232 e. The molecule has 2 rings (SSSR count). The average molecular weight is 457 g/mol. The minimum atomic E-state index is 0.0145. The lowest BCUT2D eigenvalue weighted by atomic mass is 9.96. The van der Waals surface area contributed by atoms with Crippen LogP contribution in [0, 0.1) is 19.8 Å². The van der Waals surface area contributed by atoms with E-state index in [9.17, 15) is 9.59 Å². The monoisotopic (exact) mass is 456 g/mol. The smallest absolute Gasteiger partial charge is 0.232 e. The Balaban J connectivity index is 1.75. The Morgan fingerprint density at radius 2 is 1.96 bits per heavy atom. The number of thioether (sulfide) groups is 1. The Hall–Kier alpha value is -1.05. The van der Waals surface area contributed by atoms with Gasteiger partial charge in [0.15, 0.2) is 0 Å². The van der Waals surface area contributed by atoms with Gasteiger partial charge in [-0.05, 0) is 56.4 Å². The Labute approximate surface area is 174 Å². The van der Waals surface area contributed by atoms with Gasteiger partial charge in [0.2, 0.25) is 11.8 Å². The fourth-order valence-electron chi connectivity index (χ4n) is 3.10. The van der Waals surface area contributed by atoms with Crippen molar-refractivity contribution in [1.29, 1.82) is 0 Å². The molecular formula is C20H29BrN2O3S. The van der Waals surface area contributed by atoms with E-state index in [1.807, 2.05) is 4.90 Å². The summed E-state index contributed by atoms with van der Waals surface area (Å²) in [7, 11) is 1.66. The number of nitrogens with one attached hydrogen (secondary N) is 1. The van der Waals surface area contributed by atoms with Crippen molar-refractivity contribution < 1.29 is 14.3 Å². The summed E-state index contributed by atoms with van der Waals surface area (Å²) in [5.74, 6) is 0.712. The van der Waals surface area contributed by atoms with Crippen molar-refractivity contribution in [2.24, 2.45) is 5.92 Å². The van der Waals surface area contributed by atoms with Crippen LogP contribution in [0.5, 0.6) is 0 Å². The van der Waals surface area contributed by atoms with Gasteiger partial charge in [0.05, 0.1) is 5.75 Å². The molecule has 1 aromatic carbocycles. The fraction of sp³-hybridized carbons (Fsp3) is 0.600. The van der Waals surface area contributed by atoms with Crippen LogP contribution >= 0.6 is 27.7 Å². The molecule has 0 bridgehead atoms. The molecule has 150 valence electrons. The van der Waals surface area contributed by atoms with E-state index in [-0.39, 0.29) is 17.7 Å². The van der Waals surface area contributed by atoms with Crippen molar-refractivity contribution in [3.8, 4) is 0 Å². The predicted molar refractivity (Wildman–Crippen MR) is 113 cm³/mol. The third-order valence-electron chi connectivity index (χ3n) is 4.85. The van der Waals surface area contributed by atoms with Crippen molar-refractivity contribution in [3.05, 3.63) is 27.7 Å². The van der Waals surface area contributed by atoms with Gasteiger partial charge in [0.1, 0.15) is 0 Å². The maximum atomic E-state index is 12.5. The summed E-state index contributed by atoms with van der Waals surface area (Å²) in [4.78, 5) is 27.8. The molecule has 0 radical (unpaired) electrons. The predicted octanol–water partition coefficient (Wildman–Crippen LogP) is 3.55. The zero-order valence-electron chi connectivity index (χ0n) is 16.3. The molecule has 1 aliphatic heterocycles. The summed E-state index contributed by atoms with van der Waals surface area (Å²) in [6, 6.07) is 4.22. The van der Waals surface area contributed by atoms with Crippen molar-refractivity contribution >= 4 is 39.5 Å². The minimum Gasteiger partial charge on any atom is -0.385 e. The Morgan fingerprint density at radius 1 is 1.26 bits per heavy atom. The lowest BCUT2D eigenvalue weighted by Crippen LogP contribution is -2.43. The first-order valence-corrected chi connectivity index (χ1v) is 11.1. The summed E-state index contributed by atoms with van der Waals surface area (Å²) in [5, 5.41) is 2.96. The van der Waals surface area contributed by atoms with Crippen LogP contribution in [0.4, 0.5) is 0 Å². The van der Waals surface area contributed by atoms with Crippen LogP contribution in [-0.2, 0) is 14.3 Å².